The average Bonchev–Trinajstić information content (AvgIpc) is 2.20. The van der Waals surface area contributed by atoms with Gasteiger partial charge in [-0.05, 0) is 30.2 Å². The summed E-state index contributed by atoms with van der Waals surface area (Å²) in [7, 11) is 3.01. The number of benzene rings is 1. The Morgan fingerprint density at radius 1 is 1.36 bits per heavy atom. The van der Waals surface area contributed by atoms with Crippen molar-refractivity contribution in [3.05, 3.63) is 29.3 Å². The van der Waals surface area contributed by atoms with Gasteiger partial charge in [-0.15, -0.1) is 0 Å². The lowest BCUT2D eigenvalue weighted by Crippen LogP contribution is -2.05. The van der Waals surface area contributed by atoms with Crippen molar-refractivity contribution in [2.45, 2.75) is 13.3 Å². The normalized spacial score (nSPS) is 9.64. The SMILES string of the molecule is COC(=O)Cc1ccc(OC)cc1C. The summed E-state index contributed by atoms with van der Waals surface area (Å²) < 4.78 is 9.66. The van der Waals surface area contributed by atoms with Crippen molar-refractivity contribution < 1.29 is 14.3 Å². The Labute approximate surface area is 83.6 Å². The van der Waals surface area contributed by atoms with Crippen LogP contribution < -0.4 is 4.74 Å². The molecule has 0 saturated carbocycles. The molecule has 0 radical (unpaired) electrons. The Morgan fingerprint density at radius 3 is 2.57 bits per heavy atom. The van der Waals surface area contributed by atoms with E-state index >= 15 is 0 Å². The second-order valence-corrected chi connectivity index (χ2v) is 3.05. The van der Waals surface area contributed by atoms with Crippen molar-refractivity contribution in [3.63, 3.8) is 0 Å². The molecule has 76 valence electrons. The topological polar surface area (TPSA) is 35.5 Å². The molecule has 0 aliphatic carbocycles. The van der Waals surface area contributed by atoms with Gasteiger partial charge in [0.15, 0.2) is 0 Å². The Hall–Kier alpha value is -1.51. The van der Waals surface area contributed by atoms with E-state index in [1.54, 1.807) is 7.11 Å². The minimum Gasteiger partial charge on any atom is -0.497 e. The lowest BCUT2D eigenvalue weighted by Gasteiger charge is -2.06. The monoisotopic (exact) mass is 194 g/mol. The van der Waals surface area contributed by atoms with Crippen molar-refractivity contribution in [1.29, 1.82) is 0 Å². The first kappa shape index (κ1) is 10.6. The van der Waals surface area contributed by atoms with E-state index in [1.807, 2.05) is 25.1 Å². The zero-order valence-corrected chi connectivity index (χ0v) is 8.66. The summed E-state index contributed by atoms with van der Waals surface area (Å²) in [4.78, 5) is 11.0. The second kappa shape index (κ2) is 4.65. The van der Waals surface area contributed by atoms with Crippen LogP contribution in [-0.2, 0) is 16.0 Å². The van der Waals surface area contributed by atoms with Gasteiger partial charge in [0, 0.05) is 0 Å². The molecule has 3 heteroatoms. The zero-order valence-electron chi connectivity index (χ0n) is 8.66. The first-order valence-electron chi connectivity index (χ1n) is 4.37. The van der Waals surface area contributed by atoms with Gasteiger partial charge in [-0.3, -0.25) is 4.79 Å². The first-order chi connectivity index (χ1) is 6.67. The van der Waals surface area contributed by atoms with Crippen LogP contribution in [0, 0.1) is 6.92 Å². The second-order valence-electron chi connectivity index (χ2n) is 3.05. The van der Waals surface area contributed by atoms with Crippen LogP contribution in [0.2, 0.25) is 0 Å². The lowest BCUT2D eigenvalue weighted by atomic mass is 10.1. The summed E-state index contributed by atoms with van der Waals surface area (Å²) >= 11 is 0. The minimum atomic E-state index is -0.224. The Morgan fingerprint density at radius 2 is 2.07 bits per heavy atom. The Bertz CT molecular complexity index is 331. The van der Waals surface area contributed by atoms with Crippen LogP contribution in [0.25, 0.3) is 0 Å². The number of ether oxygens (including phenoxy) is 2. The number of rotatable bonds is 3. The van der Waals surface area contributed by atoms with Crippen LogP contribution in [0.15, 0.2) is 18.2 Å². The molecule has 0 spiro atoms. The predicted molar refractivity (Wildman–Crippen MR) is 53.5 cm³/mol. The number of methoxy groups -OCH3 is 2. The molecule has 0 aromatic heterocycles. The van der Waals surface area contributed by atoms with E-state index < -0.39 is 0 Å². The maximum atomic E-state index is 11.0. The quantitative estimate of drug-likeness (QED) is 0.687. The van der Waals surface area contributed by atoms with Gasteiger partial charge in [0.1, 0.15) is 5.75 Å². The molecule has 1 aromatic carbocycles. The van der Waals surface area contributed by atoms with Gasteiger partial charge in [-0.25, -0.2) is 0 Å². The molecule has 0 unspecified atom stereocenters. The summed E-state index contributed by atoms with van der Waals surface area (Å²) in [6.07, 6.45) is 0.312. The van der Waals surface area contributed by atoms with Gasteiger partial charge in [0.25, 0.3) is 0 Å². The van der Waals surface area contributed by atoms with E-state index in [0.29, 0.717) is 6.42 Å². The number of esters is 1. The maximum absolute atomic E-state index is 11.0. The van der Waals surface area contributed by atoms with Crippen LogP contribution >= 0.6 is 0 Å². The van der Waals surface area contributed by atoms with Gasteiger partial charge in [0.2, 0.25) is 0 Å². The van der Waals surface area contributed by atoms with Crippen LogP contribution in [0.3, 0.4) is 0 Å². The van der Waals surface area contributed by atoms with Crippen molar-refractivity contribution in [2.75, 3.05) is 14.2 Å². The minimum absolute atomic E-state index is 0.224. The highest BCUT2D eigenvalue weighted by Gasteiger charge is 2.06. The molecule has 14 heavy (non-hydrogen) atoms. The number of aryl methyl sites for hydroxylation is 1. The largest absolute Gasteiger partial charge is 0.497 e. The van der Waals surface area contributed by atoms with E-state index in [-0.39, 0.29) is 5.97 Å². The van der Waals surface area contributed by atoms with Gasteiger partial charge in [0.05, 0.1) is 20.6 Å². The number of hydrogen-bond acceptors (Lipinski definition) is 3. The molecule has 0 aliphatic heterocycles. The number of hydrogen-bond donors (Lipinski definition) is 0. The zero-order chi connectivity index (χ0) is 10.6. The van der Waals surface area contributed by atoms with Crippen LogP contribution in [0.4, 0.5) is 0 Å². The summed E-state index contributed by atoms with van der Waals surface area (Å²) in [5.74, 6) is 0.578. The standard InChI is InChI=1S/C11H14O3/c1-8-6-10(13-2)5-4-9(8)7-11(12)14-3/h4-6H,7H2,1-3H3. The molecule has 0 aliphatic rings. The third-order valence-corrected chi connectivity index (χ3v) is 2.11. The van der Waals surface area contributed by atoms with E-state index in [0.717, 1.165) is 16.9 Å². The highest BCUT2D eigenvalue weighted by Crippen LogP contribution is 2.17. The molecule has 1 aromatic rings. The van der Waals surface area contributed by atoms with Gasteiger partial charge < -0.3 is 9.47 Å². The smallest absolute Gasteiger partial charge is 0.309 e. The molecule has 0 bridgehead atoms. The van der Waals surface area contributed by atoms with E-state index in [4.69, 9.17) is 4.74 Å². The Kier molecular flexibility index (Phi) is 3.51. The number of carbonyl (C=O) groups is 1. The molecule has 1 rings (SSSR count). The first-order valence-corrected chi connectivity index (χ1v) is 4.37. The molecule has 3 nitrogen and oxygen atoms in total. The van der Waals surface area contributed by atoms with Crippen LogP contribution in [0.5, 0.6) is 5.75 Å². The van der Waals surface area contributed by atoms with E-state index in [1.165, 1.54) is 7.11 Å². The fraction of sp³-hybridized carbons (Fsp3) is 0.364. The molecule has 0 atom stereocenters. The van der Waals surface area contributed by atoms with Gasteiger partial charge in [-0.2, -0.15) is 0 Å². The predicted octanol–water partition coefficient (Wildman–Crippen LogP) is 1.72. The van der Waals surface area contributed by atoms with E-state index in [9.17, 15) is 4.79 Å². The molecule has 0 N–H and O–H groups in total. The molecular formula is C11H14O3. The van der Waals surface area contributed by atoms with Crippen molar-refractivity contribution in [1.82, 2.24) is 0 Å². The number of carbonyl (C=O) groups excluding carboxylic acids is 1. The van der Waals surface area contributed by atoms with E-state index in [2.05, 4.69) is 4.74 Å². The third-order valence-electron chi connectivity index (χ3n) is 2.11. The van der Waals surface area contributed by atoms with Crippen molar-refractivity contribution in [2.24, 2.45) is 0 Å². The fourth-order valence-corrected chi connectivity index (χ4v) is 1.22. The average molecular weight is 194 g/mol. The van der Waals surface area contributed by atoms with Gasteiger partial charge >= 0.3 is 5.97 Å². The molecule has 0 fully saturated rings. The summed E-state index contributed by atoms with van der Waals surface area (Å²) in [6, 6.07) is 5.62. The Balaban J connectivity index is 2.83. The lowest BCUT2D eigenvalue weighted by molar-refractivity contribution is -0.139. The van der Waals surface area contributed by atoms with Crippen molar-refractivity contribution in [3.8, 4) is 5.75 Å². The summed E-state index contributed by atoms with van der Waals surface area (Å²) in [5, 5.41) is 0. The third kappa shape index (κ3) is 2.49. The van der Waals surface area contributed by atoms with Crippen LogP contribution in [0.1, 0.15) is 11.1 Å². The fourth-order valence-electron chi connectivity index (χ4n) is 1.22. The molecular weight excluding hydrogens is 180 g/mol. The molecule has 0 saturated heterocycles. The molecule has 0 amide bonds. The molecule has 0 heterocycles. The summed E-state index contributed by atoms with van der Waals surface area (Å²) in [5.41, 5.74) is 2.01. The highest BCUT2D eigenvalue weighted by atomic mass is 16.5. The highest BCUT2D eigenvalue weighted by molar-refractivity contribution is 5.72. The van der Waals surface area contributed by atoms with Gasteiger partial charge in [-0.1, -0.05) is 6.07 Å². The van der Waals surface area contributed by atoms with Crippen LogP contribution in [-0.4, -0.2) is 20.2 Å². The summed E-state index contributed by atoms with van der Waals surface area (Å²) in [6.45, 7) is 1.95. The maximum Gasteiger partial charge on any atom is 0.309 e. The van der Waals surface area contributed by atoms with Crippen molar-refractivity contribution >= 4 is 5.97 Å².